The Bertz CT molecular complexity index is 989. The fourth-order valence-corrected chi connectivity index (χ4v) is 3.00. The molecule has 2 aromatic heterocycles. The third-order valence-corrected chi connectivity index (χ3v) is 4.24. The maximum atomic E-state index is 13.0. The van der Waals surface area contributed by atoms with Crippen molar-refractivity contribution in [3.63, 3.8) is 0 Å². The number of rotatable bonds is 2. The van der Waals surface area contributed by atoms with Gasteiger partial charge in [0, 0.05) is 17.0 Å². The average molecular weight is 330 g/mol. The van der Waals surface area contributed by atoms with E-state index in [4.69, 9.17) is 0 Å². The van der Waals surface area contributed by atoms with Gasteiger partial charge in [-0.25, -0.2) is 14.8 Å². The van der Waals surface area contributed by atoms with Gasteiger partial charge in [0.05, 0.1) is 42.6 Å². The van der Waals surface area contributed by atoms with Crippen molar-refractivity contribution in [2.45, 2.75) is 13.0 Å². The molecule has 25 heavy (non-hydrogen) atoms. The molecule has 1 aliphatic heterocycles. The zero-order valence-electron chi connectivity index (χ0n) is 13.5. The number of hydrogen-bond donors (Lipinski definition) is 0. The van der Waals surface area contributed by atoms with Crippen LogP contribution in [0.15, 0.2) is 49.1 Å². The van der Waals surface area contributed by atoms with Crippen LogP contribution in [0.1, 0.15) is 5.82 Å². The van der Waals surface area contributed by atoms with Crippen LogP contribution in [-0.4, -0.2) is 33.6 Å². The number of urea groups is 1. The summed E-state index contributed by atoms with van der Waals surface area (Å²) in [7, 11) is 0. The second-order valence-corrected chi connectivity index (χ2v) is 5.78. The molecule has 7 nitrogen and oxygen atoms in total. The molecule has 0 saturated carbocycles. The van der Waals surface area contributed by atoms with Crippen LogP contribution in [-0.2, 0) is 0 Å². The van der Waals surface area contributed by atoms with Crippen LogP contribution in [0.25, 0.3) is 10.8 Å². The molecule has 1 aliphatic rings. The second kappa shape index (κ2) is 5.83. The number of amides is 2. The monoisotopic (exact) mass is 330 g/mol. The number of fused-ring (bicyclic) bond motifs is 1. The molecule has 0 radical (unpaired) electrons. The van der Waals surface area contributed by atoms with Gasteiger partial charge in [0.15, 0.2) is 0 Å². The first-order valence-electron chi connectivity index (χ1n) is 7.81. The van der Waals surface area contributed by atoms with E-state index in [9.17, 15) is 10.1 Å². The highest BCUT2D eigenvalue weighted by atomic mass is 16.2. The molecule has 122 valence electrons. The first kappa shape index (κ1) is 15.0. The first-order chi connectivity index (χ1) is 12.2. The summed E-state index contributed by atoms with van der Waals surface area (Å²) in [6.07, 6.45) is 6.56. The van der Waals surface area contributed by atoms with E-state index in [-0.39, 0.29) is 12.6 Å². The molecule has 3 aromatic rings. The summed E-state index contributed by atoms with van der Waals surface area (Å²) >= 11 is 0. The molecular weight excluding hydrogens is 316 g/mol. The van der Waals surface area contributed by atoms with E-state index in [1.165, 1.54) is 9.80 Å². The normalized spacial score (nSPS) is 17.1. The van der Waals surface area contributed by atoms with Crippen molar-refractivity contribution in [2.75, 3.05) is 16.3 Å². The van der Waals surface area contributed by atoms with Crippen molar-refractivity contribution in [3.8, 4) is 6.07 Å². The lowest BCUT2D eigenvalue weighted by Gasteiger charge is -2.20. The number of aromatic nitrogens is 3. The summed E-state index contributed by atoms with van der Waals surface area (Å²) in [5.41, 5.74) is 1.21. The SMILES string of the molecule is Cc1ncc(N2C[C@H](C#N)N(c3cncc4ccccc34)C2=O)cn1. The number of carbonyl (C=O) groups is 1. The van der Waals surface area contributed by atoms with Crippen LogP contribution in [0.2, 0.25) is 0 Å². The van der Waals surface area contributed by atoms with Crippen LogP contribution in [0.5, 0.6) is 0 Å². The van der Waals surface area contributed by atoms with Gasteiger partial charge in [-0.1, -0.05) is 24.3 Å². The molecule has 0 bridgehead atoms. The molecule has 7 heteroatoms. The van der Waals surface area contributed by atoms with Gasteiger partial charge in [0.25, 0.3) is 0 Å². The molecule has 0 spiro atoms. The molecule has 1 aromatic carbocycles. The number of anilines is 2. The van der Waals surface area contributed by atoms with Crippen molar-refractivity contribution in [3.05, 3.63) is 54.9 Å². The van der Waals surface area contributed by atoms with Crippen LogP contribution >= 0.6 is 0 Å². The van der Waals surface area contributed by atoms with E-state index in [0.29, 0.717) is 17.2 Å². The fourth-order valence-electron chi connectivity index (χ4n) is 3.00. The summed E-state index contributed by atoms with van der Waals surface area (Å²) in [5, 5.41) is 11.4. The highest BCUT2D eigenvalue weighted by Crippen LogP contribution is 2.32. The topological polar surface area (TPSA) is 86.0 Å². The Kier molecular flexibility index (Phi) is 3.51. The fraction of sp³-hybridized carbons (Fsp3) is 0.167. The Labute approximate surface area is 144 Å². The number of pyridine rings is 1. The van der Waals surface area contributed by atoms with E-state index in [0.717, 1.165) is 10.8 Å². The van der Waals surface area contributed by atoms with Crippen molar-refractivity contribution in [1.29, 1.82) is 5.26 Å². The molecule has 0 unspecified atom stereocenters. The Morgan fingerprint density at radius 1 is 1.16 bits per heavy atom. The van der Waals surface area contributed by atoms with E-state index >= 15 is 0 Å². The average Bonchev–Trinajstić information content (AvgIpc) is 2.98. The Hall–Kier alpha value is -3.53. The third kappa shape index (κ3) is 2.44. The maximum absolute atomic E-state index is 13.0. The lowest BCUT2D eigenvalue weighted by molar-refractivity contribution is 0.255. The Morgan fingerprint density at radius 3 is 2.68 bits per heavy atom. The first-order valence-corrected chi connectivity index (χ1v) is 7.81. The van der Waals surface area contributed by atoms with Gasteiger partial charge in [0.1, 0.15) is 11.9 Å². The van der Waals surface area contributed by atoms with Crippen LogP contribution in [0.3, 0.4) is 0 Å². The van der Waals surface area contributed by atoms with Gasteiger partial charge in [-0.15, -0.1) is 0 Å². The van der Waals surface area contributed by atoms with Gasteiger partial charge < -0.3 is 0 Å². The molecule has 0 N–H and O–H groups in total. The smallest absolute Gasteiger partial charge is 0.288 e. The summed E-state index contributed by atoms with van der Waals surface area (Å²) in [6, 6.07) is 8.99. The molecular formula is C18H14N6O. The minimum atomic E-state index is -0.610. The minimum absolute atomic E-state index is 0.255. The highest BCUT2D eigenvalue weighted by molar-refractivity contribution is 6.11. The minimum Gasteiger partial charge on any atom is -0.288 e. The summed E-state index contributed by atoms with van der Waals surface area (Å²) in [6.45, 7) is 2.03. The number of hydrogen-bond acceptors (Lipinski definition) is 5. The maximum Gasteiger partial charge on any atom is 0.330 e. The number of carbonyl (C=O) groups excluding carboxylic acids is 1. The van der Waals surface area contributed by atoms with E-state index in [2.05, 4.69) is 21.0 Å². The lowest BCUT2D eigenvalue weighted by atomic mass is 10.1. The summed E-state index contributed by atoms with van der Waals surface area (Å²) in [5.74, 6) is 0.627. The van der Waals surface area contributed by atoms with E-state index < -0.39 is 6.04 Å². The molecule has 1 atom stereocenters. The predicted octanol–water partition coefficient (Wildman–Crippen LogP) is 2.67. The number of nitrogens with zero attached hydrogens (tertiary/aromatic N) is 6. The van der Waals surface area contributed by atoms with Gasteiger partial charge in [0.2, 0.25) is 0 Å². The van der Waals surface area contributed by atoms with Crippen LogP contribution in [0.4, 0.5) is 16.2 Å². The zero-order valence-corrected chi connectivity index (χ0v) is 13.5. The van der Waals surface area contributed by atoms with Crippen molar-refractivity contribution >= 4 is 28.2 Å². The van der Waals surface area contributed by atoms with Crippen molar-refractivity contribution < 1.29 is 4.79 Å². The third-order valence-electron chi connectivity index (χ3n) is 4.24. The Balaban J connectivity index is 1.80. The van der Waals surface area contributed by atoms with Crippen molar-refractivity contribution in [2.24, 2.45) is 0 Å². The molecule has 1 fully saturated rings. The van der Waals surface area contributed by atoms with Gasteiger partial charge >= 0.3 is 6.03 Å². The quantitative estimate of drug-likeness (QED) is 0.721. The Morgan fingerprint density at radius 2 is 1.92 bits per heavy atom. The van der Waals surface area contributed by atoms with Gasteiger partial charge in [-0.05, 0) is 6.92 Å². The molecule has 1 saturated heterocycles. The highest BCUT2D eigenvalue weighted by Gasteiger charge is 2.40. The number of benzene rings is 1. The molecule has 3 heterocycles. The van der Waals surface area contributed by atoms with Gasteiger partial charge in [-0.3, -0.25) is 14.8 Å². The van der Waals surface area contributed by atoms with Crippen LogP contribution in [0, 0.1) is 18.3 Å². The summed E-state index contributed by atoms with van der Waals surface area (Å²) in [4.78, 5) is 28.5. The van der Waals surface area contributed by atoms with Crippen molar-refractivity contribution in [1.82, 2.24) is 15.0 Å². The van der Waals surface area contributed by atoms with E-state index in [1.54, 1.807) is 31.7 Å². The standard InChI is InChI=1S/C18H14N6O/c1-12-21-8-15(9-22-12)23-11-14(6-19)24(18(23)25)17-10-20-7-13-4-2-3-5-16(13)17/h2-5,7-10,14H,11H2,1H3/t14-/m0/s1. The molecule has 2 amide bonds. The van der Waals surface area contributed by atoms with E-state index in [1.807, 2.05) is 24.3 Å². The van der Waals surface area contributed by atoms with Crippen LogP contribution < -0.4 is 9.80 Å². The molecule has 4 rings (SSSR count). The second-order valence-electron chi connectivity index (χ2n) is 5.78. The predicted molar refractivity (Wildman–Crippen MR) is 93.1 cm³/mol. The van der Waals surface area contributed by atoms with Gasteiger partial charge in [-0.2, -0.15) is 5.26 Å². The molecule has 0 aliphatic carbocycles. The summed E-state index contributed by atoms with van der Waals surface area (Å²) < 4.78 is 0. The zero-order chi connectivity index (χ0) is 17.4. The number of aryl methyl sites for hydroxylation is 1. The number of nitriles is 1. The largest absolute Gasteiger partial charge is 0.330 e. The lowest BCUT2D eigenvalue weighted by Crippen LogP contribution is -2.34.